The van der Waals surface area contributed by atoms with Crippen molar-refractivity contribution in [1.29, 1.82) is 0 Å². The zero-order chi connectivity index (χ0) is 18.9. The van der Waals surface area contributed by atoms with Crippen molar-refractivity contribution in [3.05, 3.63) is 121 Å². The third-order valence-corrected chi connectivity index (χ3v) is 5.64. The maximum atomic E-state index is 2.44. The molecule has 0 amide bonds. The molecule has 3 aromatic carbocycles. The Balaban J connectivity index is 1.74. The van der Waals surface area contributed by atoms with Crippen LogP contribution in [0.25, 0.3) is 10.8 Å². The van der Waals surface area contributed by atoms with Crippen molar-refractivity contribution in [3.8, 4) is 0 Å². The number of nitrogens with zero attached hydrogens (tertiary/aromatic N) is 1. The van der Waals surface area contributed by atoms with Crippen LogP contribution < -0.4 is 4.90 Å². The number of benzene rings is 3. The first-order valence-corrected chi connectivity index (χ1v) is 9.89. The van der Waals surface area contributed by atoms with Gasteiger partial charge in [0.05, 0.1) is 5.69 Å². The van der Waals surface area contributed by atoms with E-state index in [1.165, 1.54) is 33.4 Å². The van der Waals surface area contributed by atoms with Crippen molar-refractivity contribution >= 4 is 22.1 Å². The molecule has 5 rings (SSSR count). The number of hydrogen-bond acceptors (Lipinski definition) is 1. The van der Waals surface area contributed by atoms with Crippen LogP contribution in [0.5, 0.6) is 0 Å². The SMILES string of the molecule is Cc1cccc(N(C2=CC=CC3C=CC=CC23)c2cccc3ccccc23)c1. The summed E-state index contributed by atoms with van der Waals surface area (Å²) in [6.45, 7) is 2.16. The van der Waals surface area contributed by atoms with Crippen LogP contribution in [-0.4, -0.2) is 0 Å². The minimum absolute atomic E-state index is 0.342. The molecule has 0 saturated heterocycles. The Morgan fingerprint density at radius 1 is 0.750 bits per heavy atom. The van der Waals surface area contributed by atoms with Gasteiger partial charge >= 0.3 is 0 Å². The molecule has 0 aliphatic heterocycles. The summed E-state index contributed by atoms with van der Waals surface area (Å²) in [5.41, 5.74) is 5.02. The molecule has 0 N–H and O–H groups in total. The highest BCUT2D eigenvalue weighted by molar-refractivity contribution is 5.97. The summed E-state index contributed by atoms with van der Waals surface area (Å²) in [5, 5.41) is 2.54. The normalized spacial score (nSPS) is 20.1. The van der Waals surface area contributed by atoms with Crippen molar-refractivity contribution in [2.45, 2.75) is 6.92 Å². The summed E-state index contributed by atoms with van der Waals surface area (Å²) >= 11 is 0. The van der Waals surface area contributed by atoms with Gasteiger partial charge in [-0.3, -0.25) is 0 Å². The first-order valence-electron chi connectivity index (χ1n) is 9.89. The molecule has 1 heteroatoms. The van der Waals surface area contributed by atoms with Crippen molar-refractivity contribution in [1.82, 2.24) is 0 Å². The predicted octanol–water partition coefficient (Wildman–Crippen LogP) is 7.10. The van der Waals surface area contributed by atoms with Gasteiger partial charge in [-0.15, -0.1) is 0 Å². The monoisotopic (exact) mass is 361 g/mol. The minimum atomic E-state index is 0.342. The number of fused-ring (bicyclic) bond motifs is 2. The van der Waals surface area contributed by atoms with Crippen LogP contribution in [0, 0.1) is 18.8 Å². The number of aryl methyl sites for hydroxylation is 1. The second-order valence-corrected chi connectivity index (χ2v) is 7.52. The highest BCUT2D eigenvalue weighted by Crippen LogP contribution is 2.42. The molecule has 2 unspecified atom stereocenters. The van der Waals surface area contributed by atoms with Gasteiger partial charge in [-0.2, -0.15) is 0 Å². The van der Waals surface area contributed by atoms with Gasteiger partial charge in [0.2, 0.25) is 0 Å². The van der Waals surface area contributed by atoms with E-state index in [0.29, 0.717) is 11.8 Å². The zero-order valence-electron chi connectivity index (χ0n) is 16.0. The highest BCUT2D eigenvalue weighted by atomic mass is 15.2. The van der Waals surface area contributed by atoms with Gasteiger partial charge in [0, 0.05) is 28.6 Å². The van der Waals surface area contributed by atoms with E-state index in [2.05, 4.69) is 121 Å². The maximum Gasteiger partial charge on any atom is 0.0537 e. The van der Waals surface area contributed by atoms with Gasteiger partial charge in [-0.05, 0) is 42.1 Å². The standard InChI is InChI=1S/C27H23N/c1-20-9-6-14-23(19-20)28(26-17-7-12-21-10-2-4-15-24(21)26)27-18-8-13-22-11-3-5-16-25(22)27/h2-19,21,24H,1H3. The zero-order valence-corrected chi connectivity index (χ0v) is 16.0. The predicted molar refractivity (Wildman–Crippen MR) is 120 cm³/mol. The topological polar surface area (TPSA) is 3.24 Å². The van der Waals surface area contributed by atoms with Gasteiger partial charge < -0.3 is 4.90 Å². The molecule has 136 valence electrons. The number of rotatable bonds is 3. The van der Waals surface area contributed by atoms with Crippen molar-refractivity contribution in [3.63, 3.8) is 0 Å². The lowest BCUT2D eigenvalue weighted by molar-refractivity contribution is 0.613. The molecule has 2 atom stereocenters. The Bertz CT molecular complexity index is 1140. The van der Waals surface area contributed by atoms with Crippen LogP contribution in [-0.2, 0) is 0 Å². The van der Waals surface area contributed by atoms with Crippen LogP contribution in [0.3, 0.4) is 0 Å². The van der Waals surface area contributed by atoms with Crippen molar-refractivity contribution < 1.29 is 0 Å². The number of hydrogen-bond donors (Lipinski definition) is 0. The highest BCUT2D eigenvalue weighted by Gasteiger charge is 2.28. The lowest BCUT2D eigenvalue weighted by Gasteiger charge is -2.36. The van der Waals surface area contributed by atoms with Gasteiger partial charge in [-0.1, -0.05) is 85.0 Å². The largest absolute Gasteiger partial charge is 0.313 e. The van der Waals surface area contributed by atoms with E-state index in [1.807, 2.05) is 0 Å². The molecule has 0 heterocycles. The van der Waals surface area contributed by atoms with Crippen LogP contribution in [0.2, 0.25) is 0 Å². The Hall–Kier alpha value is -3.32. The smallest absolute Gasteiger partial charge is 0.0537 e. The molecule has 0 fully saturated rings. The summed E-state index contributed by atoms with van der Waals surface area (Å²) in [7, 11) is 0. The second-order valence-electron chi connectivity index (χ2n) is 7.52. The Kier molecular flexibility index (Phi) is 4.21. The molecule has 0 saturated carbocycles. The Morgan fingerprint density at radius 2 is 1.54 bits per heavy atom. The molecule has 1 nitrogen and oxygen atoms in total. The molecule has 2 aliphatic rings. The Morgan fingerprint density at radius 3 is 2.46 bits per heavy atom. The van der Waals surface area contributed by atoms with Crippen molar-refractivity contribution in [2.75, 3.05) is 4.90 Å². The second kappa shape index (κ2) is 7.01. The number of allylic oxidation sites excluding steroid dienone is 7. The quantitative estimate of drug-likeness (QED) is 0.481. The molecule has 0 spiro atoms. The molecule has 3 aromatic rings. The van der Waals surface area contributed by atoms with Gasteiger partial charge in [0.15, 0.2) is 0 Å². The molecule has 28 heavy (non-hydrogen) atoms. The summed E-state index contributed by atoms with van der Waals surface area (Å²) < 4.78 is 0. The average molecular weight is 361 g/mol. The number of anilines is 2. The molecular formula is C27H23N. The summed E-state index contributed by atoms with van der Waals surface area (Å²) in [5.74, 6) is 0.752. The van der Waals surface area contributed by atoms with Gasteiger partial charge in [0.1, 0.15) is 0 Å². The van der Waals surface area contributed by atoms with E-state index in [9.17, 15) is 0 Å². The van der Waals surface area contributed by atoms with E-state index in [4.69, 9.17) is 0 Å². The van der Waals surface area contributed by atoms with Crippen molar-refractivity contribution in [2.24, 2.45) is 11.8 Å². The summed E-state index contributed by atoms with van der Waals surface area (Å²) in [6.07, 6.45) is 15.7. The first kappa shape index (κ1) is 16.8. The average Bonchev–Trinajstić information content (AvgIpc) is 2.74. The van der Waals surface area contributed by atoms with E-state index < -0.39 is 0 Å². The van der Waals surface area contributed by atoms with E-state index in [1.54, 1.807) is 0 Å². The third kappa shape index (κ3) is 2.90. The fourth-order valence-electron chi connectivity index (χ4n) is 4.32. The van der Waals surface area contributed by atoms with E-state index >= 15 is 0 Å². The molecule has 2 aliphatic carbocycles. The van der Waals surface area contributed by atoms with Crippen LogP contribution >= 0.6 is 0 Å². The molecule has 0 aromatic heterocycles. The van der Waals surface area contributed by atoms with E-state index in [0.717, 1.165) is 0 Å². The molecule has 0 radical (unpaired) electrons. The molecular weight excluding hydrogens is 338 g/mol. The van der Waals surface area contributed by atoms with E-state index in [-0.39, 0.29) is 0 Å². The fourth-order valence-corrected chi connectivity index (χ4v) is 4.32. The Labute approximate surface area is 166 Å². The minimum Gasteiger partial charge on any atom is -0.313 e. The van der Waals surface area contributed by atoms with Gasteiger partial charge in [0.25, 0.3) is 0 Å². The summed E-state index contributed by atoms with van der Waals surface area (Å²) in [6, 6.07) is 24.0. The maximum absolute atomic E-state index is 2.44. The lowest BCUT2D eigenvalue weighted by atomic mass is 9.81. The van der Waals surface area contributed by atoms with Crippen LogP contribution in [0.15, 0.2) is 115 Å². The van der Waals surface area contributed by atoms with Crippen LogP contribution in [0.1, 0.15) is 5.56 Å². The molecule has 0 bridgehead atoms. The fraction of sp³-hybridized carbons (Fsp3) is 0.111. The van der Waals surface area contributed by atoms with Crippen LogP contribution in [0.4, 0.5) is 11.4 Å². The van der Waals surface area contributed by atoms with Gasteiger partial charge in [-0.25, -0.2) is 0 Å². The third-order valence-electron chi connectivity index (χ3n) is 5.64. The lowest BCUT2D eigenvalue weighted by Crippen LogP contribution is -2.27. The first-order chi connectivity index (χ1) is 13.8. The summed E-state index contributed by atoms with van der Waals surface area (Å²) in [4.78, 5) is 2.44.